The number of hydrogen-bond donors (Lipinski definition) is 2. The van der Waals surface area contributed by atoms with Gasteiger partial charge in [0.15, 0.2) is 5.96 Å². The minimum atomic E-state index is 0.127. The molecule has 6 heteroatoms. The number of thioether (sulfide) groups is 1. The summed E-state index contributed by atoms with van der Waals surface area (Å²) >= 11 is 1.81. The lowest BCUT2D eigenvalue weighted by molar-refractivity contribution is -0.132. The number of amides is 1. The average Bonchev–Trinajstić information content (AvgIpc) is 2.52. The molecule has 1 unspecified atom stereocenters. The van der Waals surface area contributed by atoms with Crippen molar-refractivity contribution < 1.29 is 4.79 Å². The lowest BCUT2D eigenvalue weighted by atomic mass is 10.00. The number of nitrogens with zero attached hydrogens (tertiary/aromatic N) is 2. The van der Waals surface area contributed by atoms with Gasteiger partial charge in [-0.3, -0.25) is 9.79 Å². The Morgan fingerprint density at radius 3 is 2.74 bits per heavy atom. The van der Waals surface area contributed by atoms with E-state index in [0.717, 1.165) is 38.6 Å². The van der Waals surface area contributed by atoms with Crippen molar-refractivity contribution in [3.8, 4) is 0 Å². The topological polar surface area (TPSA) is 56.7 Å². The molecule has 2 N–H and O–H groups in total. The molecule has 0 saturated carbocycles. The van der Waals surface area contributed by atoms with Gasteiger partial charge in [0.1, 0.15) is 0 Å². The Morgan fingerprint density at radius 2 is 2.13 bits per heavy atom. The van der Waals surface area contributed by atoms with Gasteiger partial charge in [0.25, 0.3) is 0 Å². The summed E-state index contributed by atoms with van der Waals surface area (Å²) in [4.78, 5) is 18.9. The number of rotatable bonds is 7. The van der Waals surface area contributed by atoms with E-state index in [1.165, 1.54) is 6.42 Å². The summed E-state index contributed by atoms with van der Waals surface area (Å²) in [6.07, 6.45) is 5.01. The van der Waals surface area contributed by atoms with Crippen LogP contribution in [-0.4, -0.2) is 60.5 Å². The lowest BCUT2D eigenvalue weighted by Gasteiger charge is -2.31. The van der Waals surface area contributed by atoms with E-state index in [0.29, 0.717) is 18.9 Å². The van der Waals surface area contributed by atoms with Gasteiger partial charge < -0.3 is 15.5 Å². The van der Waals surface area contributed by atoms with Crippen molar-refractivity contribution in [1.29, 1.82) is 0 Å². The molecule has 0 aromatic heterocycles. The highest BCUT2D eigenvalue weighted by atomic mass is 32.2. The zero-order valence-electron chi connectivity index (χ0n) is 15.4. The normalized spacial score (nSPS) is 19.6. The fourth-order valence-electron chi connectivity index (χ4n) is 2.54. The van der Waals surface area contributed by atoms with E-state index in [2.05, 4.69) is 49.6 Å². The van der Waals surface area contributed by atoms with Crippen molar-refractivity contribution >= 4 is 23.6 Å². The van der Waals surface area contributed by atoms with Crippen LogP contribution in [0.3, 0.4) is 0 Å². The predicted octanol–water partition coefficient (Wildman–Crippen LogP) is 2.33. The fraction of sp³-hybridized carbons (Fsp3) is 0.882. The summed E-state index contributed by atoms with van der Waals surface area (Å²) in [5, 5.41) is 6.53. The third-order valence-electron chi connectivity index (χ3n) is 4.16. The second-order valence-corrected chi connectivity index (χ2v) is 8.44. The highest BCUT2D eigenvalue weighted by Gasteiger charge is 2.20. The quantitative estimate of drug-likeness (QED) is 0.551. The zero-order chi connectivity index (χ0) is 17.3. The van der Waals surface area contributed by atoms with Crippen LogP contribution >= 0.6 is 11.8 Å². The molecule has 0 aromatic carbocycles. The molecule has 134 valence electrons. The molecule has 1 rings (SSSR count). The molecular weight excluding hydrogens is 308 g/mol. The van der Waals surface area contributed by atoms with Crippen molar-refractivity contribution in [2.75, 3.05) is 39.0 Å². The molecule has 0 spiro atoms. The van der Waals surface area contributed by atoms with Gasteiger partial charge in [-0.2, -0.15) is 11.8 Å². The van der Waals surface area contributed by atoms with Gasteiger partial charge in [0.05, 0.1) is 6.54 Å². The number of hydrogen-bond acceptors (Lipinski definition) is 3. The minimum absolute atomic E-state index is 0.127. The molecule has 1 fully saturated rings. The number of aliphatic imine (C=N–C) groups is 1. The van der Waals surface area contributed by atoms with Crippen LogP contribution in [0.25, 0.3) is 0 Å². The molecule has 0 aromatic rings. The smallest absolute Gasteiger partial charge is 0.224 e. The second kappa shape index (κ2) is 10.1. The summed E-state index contributed by atoms with van der Waals surface area (Å²) in [5.74, 6) is 1.69. The van der Waals surface area contributed by atoms with Crippen LogP contribution in [0.5, 0.6) is 0 Å². The maximum Gasteiger partial charge on any atom is 0.224 e. The van der Waals surface area contributed by atoms with Gasteiger partial charge in [-0.05, 0) is 45.8 Å². The first-order chi connectivity index (χ1) is 10.9. The van der Waals surface area contributed by atoms with Crippen LogP contribution in [0.15, 0.2) is 4.99 Å². The summed E-state index contributed by atoms with van der Waals surface area (Å²) < 4.78 is 0.127. The molecule has 5 nitrogen and oxygen atoms in total. The monoisotopic (exact) mass is 342 g/mol. The number of carbonyl (C=O) groups is 1. The molecule has 0 bridgehead atoms. The van der Waals surface area contributed by atoms with Crippen LogP contribution in [0.2, 0.25) is 0 Å². The molecule has 1 amide bonds. The number of nitrogens with one attached hydrogen (secondary N) is 2. The third kappa shape index (κ3) is 7.95. The number of guanidine groups is 1. The van der Waals surface area contributed by atoms with Crippen molar-refractivity contribution in [2.45, 2.75) is 51.7 Å². The van der Waals surface area contributed by atoms with Crippen molar-refractivity contribution in [1.82, 2.24) is 15.5 Å². The molecule has 1 saturated heterocycles. The largest absolute Gasteiger partial charge is 0.357 e. The van der Waals surface area contributed by atoms with Gasteiger partial charge in [-0.15, -0.1) is 0 Å². The van der Waals surface area contributed by atoms with E-state index >= 15 is 0 Å². The van der Waals surface area contributed by atoms with Crippen LogP contribution < -0.4 is 10.6 Å². The highest BCUT2D eigenvalue weighted by Crippen LogP contribution is 2.21. The van der Waals surface area contributed by atoms with Gasteiger partial charge in [0.2, 0.25) is 5.91 Å². The maximum atomic E-state index is 12.3. The van der Waals surface area contributed by atoms with E-state index in [1.807, 2.05) is 16.7 Å². The first-order valence-corrected chi connectivity index (χ1v) is 9.95. The Morgan fingerprint density at radius 1 is 1.39 bits per heavy atom. The average molecular weight is 343 g/mol. The Kier molecular flexibility index (Phi) is 8.81. The van der Waals surface area contributed by atoms with Gasteiger partial charge in [0, 0.05) is 37.3 Å². The van der Waals surface area contributed by atoms with Gasteiger partial charge >= 0.3 is 0 Å². The summed E-state index contributed by atoms with van der Waals surface area (Å²) in [6, 6.07) is 0. The molecular formula is C17H34N4OS. The Bertz CT molecular complexity index is 398. The van der Waals surface area contributed by atoms with E-state index in [4.69, 9.17) is 0 Å². The minimum Gasteiger partial charge on any atom is -0.357 e. The SMILES string of the molecule is CCNC(=NCC(C)(C)SC)NCCC(=O)N1CCCC(C)C1. The third-order valence-corrected chi connectivity index (χ3v) is 5.39. The number of likely N-dealkylation sites (tertiary alicyclic amines) is 1. The molecule has 1 heterocycles. The first kappa shape index (κ1) is 20.1. The molecule has 1 atom stereocenters. The first-order valence-electron chi connectivity index (χ1n) is 8.73. The molecule has 1 aliphatic rings. The van der Waals surface area contributed by atoms with Crippen LogP contribution in [0.1, 0.15) is 47.0 Å². The standard InChI is InChI=1S/C17H34N4OS/c1-6-18-16(20-13-17(3,4)23-5)19-10-9-15(22)21-11-7-8-14(2)12-21/h14H,6-13H2,1-5H3,(H2,18,19,20). The van der Waals surface area contributed by atoms with Gasteiger partial charge in [-0.1, -0.05) is 6.92 Å². The van der Waals surface area contributed by atoms with Crippen molar-refractivity contribution in [3.63, 3.8) is 0 Å². The number of carbonyl (C=O) groups excluding carboxylic acids is 1. The van der Waals surface area contributed by atoms with E-state index < -0.39 is 0 Å². The molecule has 23 heavy (non-hydrogen) atoms. The Balaban J connectivity index is 2.40. The fourth-order valence-corrected chi connectivity index (χ4v) is 2.73. The van der Waals surface area contributed by atoms with Crippen LogP contribution in [-0.2, 0) is 4.79 Å². The molecule has 1 aliphatic heterocycles. The summed E-state index contributed by atoms with van der Waals surface area (Å²) in [5.41, 5.74) is 0. The van der Waals surface area contributed by atoms with Crippen LogP contribution in [0, 0.1) is 5.92 Å². The second-order valence-electron chi connectivity index (χ2n) is 6.92. The lowest BCUT2D eigenvalue weighted by Crippen LogP contribution is -2.43. The highest BCUT2D eigenvalue weighted by molar-refractivity contribution is 7.99. The van der Waals surface area contributed by atoms with Crippen molar-refractivity contribution in [2.24, 2.45) is 10.9 Å². The molecule has 0 aliphatic carbocycles. The Labute approximate surface area is 146 Å². The summed E-state index contributed by atoms with van der Waals surface area (Å²) in [7, 11) is 0. The van der Waals surface area contributed by atoms with Gasteiger partial charge in [-0.25, -0.2) is 0 Å². The van der Waals surface area contributed by atoms with E-state index in [9.17, 15) is 4.79 Å². The Hall–Kier alpha value is -0.910. The zero-order valence-corrected chi connectivity index (χ0v) is 16.3. The number of piperidine rings is 1. The molecule has 0 radical (unpaired) electrons. The van der Waals surface area contributed by atoms with E-state index in [1.54, 1.807) is 0 Å². The van der Waals surface area contributed by atoms with Crippen molar-refractivity contribution in [3.05, 3.63) is 0 Å². The summed E-state index contributed by atoms with van der Waals surface area (Å²) in [6.45, 7) is 12.7. The van der Waals surface area contributed by atoms with Crippen LogP contribution in [0.4, 0.5) is 0 Å². The van der Waals surface area contributed by atoms with E-state index in [-0.39, 0.29) is 10.7 Å². The maximum absolute atomic E-state index is 12.3. The predicted molar refractivity (Wildman–Crippen MR) is 101 cm³/mol.